The molecule has 0 nitrogen and oxygen atoms in total. The van der Waals surface area contributed by atoms with Crippen LogP contribution >= 0.6 is 0 Å². The summed E-state index contributed by atoms with van der Waals surface area (Å²) in [5, 5.41) is 0. The van der Waals surface area contributed by atoms with E-state index in [1.54, 1.807) is 0 Å². The molecule has 0 fully saturated rings. The smallest absolute Gasteiger partial charge is 0.107 e. The van der Waals surface area contributed by atoms with Crippen LogP contribution in [0.4, 0.5) is 0 Å². The Bertz CT molecular complexity index is 154. The highest BCUT2D eigenvalue weighted by atomic mass is 14.0. The van der Waals surface area contributed by atoms with Crippen LogP contribution in [0.2, 0.25) is 0 Å². The molecule has 0 amide bonds. The number of rotatable bonds is 1. The van der Waals surface area contributed by atoms with Gasteiger partial charge >= 0.3 is 0 Å². The molecule has 0 atom stereocenters. The summed E-state index contributed by atoms with van der Waals surface area (Å²) < 4.78 is 0. The summed E-state index contributed by atoms with van der Waals surface area (Å²) in [5.41, 5.74) is 2.54. The van der Waals surface area contributed by atoms with Crippen molar-refractivity contribution in [3.63, 3.8) is 0 Å². The molecule has 0 saturated heterocycles. The van der Waals surface area contributed by atoms with E-state index in [2.05, 4.69) is 13.0 Å². The molecule has 0 spiro atoms. The lowest BCUT2D eigenvalue weighted by atomic mass is 9.85. The highest BCUT2D eigenvalue weighted by Gasteiger charge is 1.98. The van der Waals surface area contributed by atoms with Gasteiger partial charge < -0.3 is 0 Å². The molecule has 0 aromatic rings. The van der Waals surface area contributed by atoms with E-state index in [-0.39, 0.29) is 0 Å². The molecule has 1 aliphatic carbocycles. The van der Waals surface area contributed by atoms with Gasteiger partial charge in [-0.05, 0) is 19.3 Å². The molecule has 0 aliphatic heterocycles. The van der Waals surface area contributed by atoms with Gasteiger partial charge in [0.1, 0.15) is 7.85 Å². The highest BCUT2D eigenvalue weighted by Crippen LogP contribution is 2.17. The Kier molecular flexibility index (Phi) is 2.15. The van der Waals surface area contributed by atoms with Crippen molar-refractivity contribution in [2.75, 3.05) is 0 Å². The Morgan fingerprint density at radius 3 is 2.67 bits per heavy atom. The predicted octanol–water partition coefficient (Wildman–Crippen LogP) is 2.17. The van der Waals surface area contributed by atoms with Crippen molar-refractivity contribution >= 4 is 7.85 Å². The molecule has 2 radical (unpaired) electrons. The van der Waals surface area contributed by atoms with E-state index in [0.717, 1.165) is 11.9 Å². The molecular weight excluding hydrogens is 107 g/mol. The zero-order valence-electron chi connectivity index (χ0n) is 5.85. The lowest BCUT2D eigenvalue weighted by molar-refractivity contribution is 0.885. The molecule has 0 unspecified atom stereocenters. The van der Waals surface area contributed by atoms with Gasteiger partial charge in [0.05, 0.1) is 0 Å². The van der Waals surface area contributed by atoms with Gasteiger partial charge in [0.25, 0.3) is 0 Å². The maximum absolute atomic E-state index is 5.57. The molecule has 1 rings (SSSR count). The van der Waals surface area contributed by atoms with Crippen LogP contribution in [0, 0.1) is 0 Å². The van der Waals surface area contributed by atoms with Crippen molar-refractivity contribution in [2.24, 2.45) is 0 Å². The summed E-state index contributed by atoms with van der Waals surface area (Å²) >= 11 is 0. The number of allylic oxidation sites excluding steroid dienone is 4. The molecule has 9 heavy (non-hydrogen) atoms. The second kappa shape index (κ2) is 2.91. The summed E-state index contributed by atoms with van der Waals surface area (Å²) in [6, 6.07) is 0. The monoisotopic (exact) mass is 118 g/mol. The third-order valence-electron chi connectivity index (χ3n) is 1.72. The Hall–Kier alpha value is -0.455. The van der Waals surface area contributed by atoms with E-state index >= 15 is 0 Å². The number of hydrogen-bond acceptors (Lipinski definition) is 0. The minimum atomic E-state index is 1.02. The second-order valence-electron chi connectivity index (χ2n) is 2.42. The Balaban J connectivity index is 2.59. The number of hydrogen-bond donors (Lipinski definition) is 0. The van der Waals surface area contributed by atoms with Gasteiger partial charge in [0.15, 0.2) is 0 Å². The minimum Gasteiger partial charge on any atom is -0.117 e. The quantitative estimate of drug-likeness (QED) is 0.463. The average Bonchev–Trinajstić information content (AvgIpc) is 1.90. The van der Waals surface area contributed by atoms with Crippen molar-refractivity contribution in [3.05, 3.63) is 23.2 Å². The van der Waals surface area contributed by atoms with Crippen molar-refractivity contribution in [2.45, 2.75) is 26.2 Å². The van der Waals surface area contributed by atoms with Crippen molar-refractivity contribution in [1.29, 1.82) is 0 Å². The van der Waals surface area contributed by atoms with Crippen LogP contribution in [0.1, 0.15) is 26.2 Å². The minimum absolute atomic E-state index is 1.02. The molecule has 0 saturated carbocycles. The van der Waals surface area contributed by atoms with Crippen LogP contribution in [0.3, 0.4) is 0 Å². The fourth-order valence-electron chi connectivity index (χ4n) is 0.991. The summed E-state index contributed by atoms with van der Waals surface area (Å²) in [7, 11) is 5.57. The fraction of sp³-hybridized carbons (Fsp3) is 0.500. The standard InChI is InChI=1S/C8H11B/c1-2-7-3-5-8(9)6-4-7/h3,5H,2,4,6H2,1H3. The average molecular weight is 118 g/mol. The first kappa shape index (κ1) is 6.66. The Morgan fingerprint density at radius 2 is 2.22 bits per heavy atom. The van der Waals surface area contributed by atoms with Crippen molar-refractivity contribution in [3.8, 4) is 0 Å². The Morgan fingerprint density at radius 1 is 1.44 bits per heavy atom. The first-order valence-corrected chi connectivity index (χ1v) is 3.47. The van der Waals surface area contributed by atoms with E-state index in [9.17, 15) is 0 Å². The zero-order valence-corrected chi connectivity index (χ0v) is 5.85. The Labute approximate surface area is 58.1 Å². The van der Waals surface area contributed by atoms with Crippen molar-refractivity contribution < 1.29 is 0 Å². The molecule has 46 valence electrons. The molecule has 0 aromatic carbocycles. The predicted molar refractivity (Wildman–Crippen MR) is 41.4 cm³/mol. The summed E-state index contributed by atoms with van der Waals surface area (Å²) in [4.78, 5) is 0. The highest BCUT2D eigenvalue weighted by molar-refractivity contribution is 6.21. The van der Waals surface area contributed by atoms with Crippen LogP contribution in [0.25, 0.3) is 0 Å². The lowest BCUT2D eigenvalue weighted by Crippen LogP contribution is -1.91. The largest absolute Gasteiger partial charge is 0.117 e. The van der Waals surface area contributed by atoms with Crippen LogP contribution in [0.15, 0.2) is 23.2 Å². The summed E-state index contributed by atoms with van der Waals surface area (Å²) in [6.45, 7) is 2.18. The van der Waals surface area contributed by atoms with E-state index in [1.807, 2.05) is 6.08 Å². The van der Waals surface area contributed by atoms with Gasteiger partial charge in [-0.3, -0.25) is 0 Å². The maximum Gasteiger partial charge on any atom is 0.107 e. The van der Waals surface area contributed by atoms with Crippen LogP contribution < -0.4 is 0 Å². The molecule has 1 aliphatic rings. The first-order chi connectivity index (χ1) is 4.33. The van der Waals surface area contributed by atoms with E-state index in [4.69, 9.17) is 7.85 Å². The van der Waals surface area contributed by atoms with Crippen LogP contribution in [-0.4, -0.2) is 7.85 Å². The maximum atomic E-state index is 5.57. The molecule has 1 heteroatoms. The molecule has 0 heterocycles. The fourth-order valence-corrected chi connectivity index (χ4v) is 0.991. The van der Waals surface area contributed by atoms with Gasteiger partial charge in [-0.2, -0.15) is 0 Å². The third kappa shape index (κ3) is 1.74. The van der Waals surface area contributed by atoms with E-state index in [1.165, 1.54) is 18.4 Å². The zero-order chi connectivity index (χ0) is 6.69. The van der Waals surface area contributed by atoms with E-state index in [0.29, 0.717) is 0 Å². The molecule has 0 bridgehead atoms. The van der Waals surface area contributed by atoms with E-state index < -0.39 is 0 Å². The second-order valence-corrected chi connectivity index (χ2v) is 2.42. The van der Waals surface area contributed by atoms with Gasteiger partial charge in [-0.25, -0.2) is 0 Å². The topological polar surface area (TPSA) is 0 Å². The summed E-state index contributed by atoms with van der Waals surface area (Å²) in [6.07, 6.45) is 7.55. The van der Waals surface area contributed by atoms with Crippen LogP contribution in [0.5, 0.6) is 0 Å². The summed E-state index contributed by atoms with van der Waals surface area (Å²) in [5.74, 6) is 0. The SMILES string of the molecule is [B]C1=CC=C(CC)CC1. The van der Waals surface area contributed by atoms with Gasteiger partial charge in [-0.15, -0.1) is 5.47 Å². The molecule has 0 N–H and O–H groups in total. The van der Waals surface area contributed by atoms with Gasteiger partial charge in [-0.1, -0.05) is 24.6 Å². The lowest BCUT2D eigenvalue weighted by Gasteiger charge is -2.09. The van der Waals surface area contributed by atoms with Crippen LogP contribution in [-0.2, 0) is 0 Å². The normalized spacial score (nSPS) is 18.8. The third-order valence-corrected chi connectivity index (χ3v) is 1.72. The van der Waals surface area contributed by atoms with Gasteiger partial charge in [0.2, 0.25) is 0 Å². The molecular formula is C8H11B. The first-order valence-electron chi connectivity index (χ1n) is 3.47. The molecule has 0 aromatic heterocycles. The van der Waals surface area contributed by atoms with Crippen molar-refractivity contribution in [1.82, 2.24) is 0 Å². The van der Waals surface area contributed by atoms with Gasteiger partial charge in [0, 0.05) is 0 Å².